The summed E-state index contributed by atoms with van der Waals surface area (Å²) in [6, 6.07) is 5.57. The highest BCUT2D eigenvalue weighted by molar-refractivity contribution is 7.89. The quantitative estimate of drug-likeness (QED) is 0.728. The minimum absolute atomic E-state index is 0.139. The van der Waals surface area contributed by atoms with Gasteiger partial charge in [-0.15, -0.1) is 0 Å². The molecule has 0 aliphatic heterocycles. The predicted molar refractivity (Wildman–Crippen MR) is 105 cm³/mol. The van der Waals surface area contributed by atoms with Crippen molar-refractivity contribution in [3.05, 3.63) is 47.0 Å². The van der Waals surface area contributed by atoms with E-state index in [1.54, 1.807) is 45.0 Å². The monoisotopic (exact) mass is 431 g/mol. The first-order valence-corrected chi connectivity index (χ1v) is 10.2. The van der Waals surface area contributed by atoms with Gasteiger partial charge >= 0.3 is 6.18 Å². The van der Waals surface area contributed by atoms with Crippen LogP contribution in [-0.2, 0) is 10.0 Å². The van der Waals surface area contributed by atoms with Crippen LogP contribution in [0.4, 0.5) is 19.0 Å². The topological polar surface area (TPSA) is 71.5 Å². The maximum atomic E-state index is 13.7. The van der Waals surface area contributed by atoms with E-state index < -0.39 is 28.8 Å². The summed E-state index contributed by atoms with van der Waals surface area (Å²) >= 11 is 0. The third-order valence-electron chi connectivity index (χ3n) is 4.33. The molecule has 0 amide bonds. The van der Waals surface area contributed by atoms with Crippen LogP contribution < -0.4 is 14.4 Å². The maximum absolute atomic E-state index is 13.7. The maximum Gasteiger partial charge on any atom is 0.406 e. The number of hydrogen-bond acceptors (Lipinski definition) is 5. The van der Waals surface area contributed by atoms with Gasteiger partial charge in [0.2, 0.25) is 15.9 Å². The highest BCUT2D eigenvalue weighted by Gasteiger charge is 2.43. The van der Waals surface area contributed by atoms with Gasteiger partial charge in [-0.3, -0.25) is 0 Å². The SMILES string of the molecule is COc1cccc(N(C)CC(NS(=O)(=O)c2c(C)cc(C)cc2C)C(F)(F)F)n1. The van der Waals surface area contributed by atoms with Crippen LogP contribution in [0.15, 0.2) is 35.2 Å². The number of aromatic nitrogens is 1. The molecule has 1 atom stereocenters. The van der Waals surface area contributed by atoms with E-state index in [0.717, 1.165) is 5.56 Å². The molecule has 160 valence electrons. The van der Waals surface area contributed by atoms with Crippen molar-refractivity contribution in [3.63, 3.8) is 0 Å². The number of methoxy groups -OCH3 is 1. The van der Waals surface area contributed by atoms with Crippen molar-refractivity contribution in [2.24, 2.45) is 0 Å². The molecule has 0 bridgehead atoms. The lowest BCUT2D eigenvalue weighted by molar-refractivity contribution is -0.149. The lowest BCUT2D eigenvalue weighted by Gasteiger charge is -2.28. The van der Waals surface area contributed by atoms with Crippen LogP contribution >= 0.6 is 0 Å². The Balaban J connectivity index is 2.34. The Morgan fingerprint density at radius 2 is 1.76 bits per heavy atom. The Bertz CT molecular complexity index is 955. The number of nitrogens with zero attached hydrogens (tertiary/aromatic N) is 2. The van der Waals surface area contributed by atoms with Gasteiger partial charge in [0.25, 0.3) is 0 Å². The molecule has 0 fully saturated rings. The summed E-state index contributed by atoms with van der Waals surface area (Å²) in [6.07, 6.45) is -4.80. The highest BCUT2D eigenvalue weighted by atomic mass is 32.2. The molecular weight excluding hydrogens is 407 g/mol. The number of sulfonamides is 1. The molecule has 1 unspecified atom stereocenters. The average molecular weight is 431 g/mol. The number of hydrogen-bond donors (Lipinski definition) is 1. The molecule has 0 spiro atoms. The van der Waals surface area contributed by atoms with Gasteiger partial charge in [-0.05, 0) is 38.0 Å². The largest absolute Gasteiger partial charge is 0.481 e. The zero-order chi connectivity index (χ0) is 22.0. The van der Waals surface area contributed by atoms with E-state index in [1.807, 2.05) is 4.72 Å². The number of ether oxygens (including phenoxy) is 1. The minimum atomic E-state index is -4.80. The average Bonchev–Trinajstić information content (AvgIpc) is 2.58. The van der Waals surface area contributed by atoms with Crippen molar-refractivity contribution >= 4 is 15.8 Å². The van der Waals surface area contributed by atoms with Crippen LogP contribution in [0, 0.1) is 20.8 Å². The molecular formula is C19H24F3N3O3S. The highest BCUT2D eigenvalue weighted by Crippen LogP contribution is 2.27. The van der Waals surface area contributed by atoms with Gasteiger partial charge in [0.05, 0.1) is 12.0 Å². The van der Waals surface area contributed by atoms with Crippen molar-refractivity contribution in [2.75, 3.05) is 25.6 Å². The second kappa shape index (κ2) is 8.58. The number of halogens is 3. The lowest BCUT2D eigenvalue weighted by Crippen LogP contribution is -2.51. The van der Waals surface area contributed by atoms with Crippen LogP contribution in [-0.4, -0.2) is 46.3 Å². The number of nitrogens with one attached hydrogen (secondary N) is 1. The normalized spacial score (nSPS) is 13.2. The fraction of sp³-hybridized carbons (Fsp3) is 0.421. The third-order valence-corrected chi connectivity index (χ3v) is 6.11. The van der Waals surface area contributed by atoms with E-state index in [4.69, 9.17) is 4.74 Å². The molecule has 0 saturated carbocycles. The van der Waals surface area contributed by atoms with Crippen molar-refractivity contribution in [3.8, 4) is 5.88 Å². The van der Waals surface area contributed by atoms with Crippen molar-refractivity contribution in [1.82, 2.24) is 9.71 Å². The van der Waals surface area contributed by atoms with Gasteiger partial charge < -0.3 is 9.64 Å². The Hall–Kier alpha value is -2.33. The summed E-state index contributed by atoms with van der Waals surface area (Å²) in [7, 11) is -1.61. The van der Waals surface area contributed by atoms with Crippen LogP contribution in [0.1, 0.15) is 16.7 Å². The molecule has 10 heteroatoms. The standard InChI is InChI=1S/C19H24F3N3O3S/c1-12-9-13(2)18(14(3)10-12)29(26,27)24-15(19(20,21)22)11-25(4)16-7-6-8-17(23-16)28-5/h6-10,15,24H,11H2,1-5H3. The zero-order valence-corrected chi connectivity index (χ0v) is 17.6. The summed E-state index contributed by atoms with van der Waals surface area (Å²) < 4.78 is 73.4. The fourth-order valence-electron chi connectivity index (χ4n) is 3.14. The van der Waals surface area contributed by atoms with E-state index >= 15 is 0 Å². The number of anilines is 1. The molecule has 1 aromatic heterocycles. The van der Waals surface area contributed by atoms with Gasteiger partial charge in [0, 0.05) is 19.7 Å². The molecule has 0 radical (unpaired) electrons. The van der Waals surface area contributed by atoms with E-state index in [1.165, 1.54) is 25.1 Å². The molecule has 0 aliphatic carbocycles. The van der Waals surface area contributed by atoms with Crippen molar-refractivity contribution in [2.45, 2.75) is 37.9 Å². The summed E-state index contributed by atoms with van der Waals surface area (Å²) in [5.74, 6) is 0.463. The summed E-state index contributed by atoms with van der Waals surface area (Å²) in [5, 5.41) is 0. The Kier molecular flexibility index (Phi) is 6.79. The van der Waals surface area contributed by atoms with Crippen molar-refractivity contribution in [1.29, 1.82) is 0 Å². The van der Waals surface area contributed by atoms with Gasteiger partial charge in [-0.1, -0.05) is 23.8 Å². The number of pyridine rings is 1. The first kappa shape index (κ1) is 23.0. The first-order chi connectivity index (χ1) is 13.3. The second-order valence-electron chi connectivity index (χ2n) is 6.86. The number of likely N-dealkylation sites (N-methyl/N-ethyl adjacent to an activating group) is 1. The van der Waals surface area contributed by atoms with Crippen LogP contribution in [0.2, 0.25) is 0 Å². The van der Waals surface area contributed by atoms with Crippen LogP contribution in [0.5, 0.6) is 5.88 Å². The fourth-order valence-corrected chi connectivity index (χ4v) is 4.81. The van der Waals surface area contributed by atoms with E-state index in [9.17, 15) is 21.6 Å². The zero-order valence-electron chi connectivity index (χ0n) is 16.8. The van der Waals surface area contributed by atoms with Gasteiger partial charge in [0.1, 0.15) is 11.9 Å². The molecule has 0 aliphatic rings. The number of aryl methyl sites for hydroxylation is 3. The van der Waals surface area contributed by atoms with Gasteiger partial charge in [0.15, 0.2) is 0 Å². The summed E-state index contributed by atoms with van der Waals surface area (Å²) in [4.78, 5) is 5.16. The molecule has 0 saturated heterocycles. The molecule has 2 rings (SSSR count). The number of alkyl halides is 3. The Labute approximate surface area is 168 Å². The molecule has 1 heterocycles. The first-order valence-electron chi connectivity index (χ1n) is 8.74. The summed E-state index contributed by atoms with van der Waals surface area (Å²) in [6.45, 7) is 4.25. The molecule has 1 aromatic carbocycles. The smallest absolute Gasteiger partial charge is 0.406 e. The lowest BCUT2D eigenvalue weighted by atomic mass is 10.1. The molecule has 2 aromatic rings. The van der Waals surface area contributed by atoms with Gasteiger partial charge in [-0.25, -0.2) is 8.42 Å². The molecule has 29 heavy (non-hydrogen) atoms. The summed E-state index contributed by atoms with van der Waals surface area (Å²) in [5.41, 5.74) is 1.60. The Morgan fingerprint density at radius 3 is 2.28 bits per heavy atom. The Morgan fingerprint density at radius 1 is 1.17 bits per heavy atom. The molecule has 6 nitrogen and oxygen atoms in total. The second-order valence-corrected chi connectivity index (χ2v) is 8.51. The van der Waals surface area contributed by atoms with E-state index in [0.29, 0.717) is 11.1 Å². The minimum Gasteiger partial charge on any atom is -0.481 e. The number of rotatable bonds is 7. The van der Waals surface area contributed by atoms with Crippen LogP contribution in [0.3, 0.4) is 0 Å². The third kappa shape index (κ3) is 5.60. The van der Waals surface area contributed by atoms with Crippen molar-refractivity contribution < 1.29 is 26.3 Å². The van der Waals surface area contributed by atoms with Gasteiger partial charge in [-0.2, -0.15) is 22.9 Å². The number of benzene rings is 1. The van der Waals surface area contributed by atoms with E-state index in [-0.39, 0.29) is 16.6 Å². The predicted octanol–water partition coefficient (Wildman–Crippen LogP) is 3.36. The molecule has 1 N–H and O–H groups in total. The van der Waals surface area contributed by atoms with Crippen LogP contribution in [0.25, 0.3) is 0 Å². The van der Waals surface area contributed by atoms with E-state index in [2.05, 4.69) is 4.98 Å².